The van der Waals surface area contributed by atoms with Gasteiger partial charge in [-0.1, -0.05) is 60.7 Å². The minimum atomic E-state index is -1.12. The second-order valence-corrected chi connectivity index (χ2v) is 9.51. The average molecular weight is 492 g/mol. The highest BCUT2D eigenvalue weighted by Crippen LogP contribution is 2.33. The van der Waals surface area contributed by atoms with Gasteiger partial charge in [-0.25, -0.2) is 0 Å². The number of carbonyl (C=O) groups excluding carboxylic acids is 4. The summed E-state index contributed by atoms with van der Waals surface area (Å²) in [5.74, 6) is -2.26. The summed E-state index contributed by atoms with van der Waals surface area (Å²) in [4.78, 5) is 48.8. The van der Waals surface area contributed by atoms with Gasteiger partial charge in [0.25, 0.3) is 11.8 Å². The van der Waals surface area contributed by atoms with Gasteiger partial charge in [-0.05, 0) is 42.0 Å². The van der Waals surface area contributed by atoms with Crippen LogP contribution in [0, 0.1) is 0 Å². The maximum atomic E-state index is 12.9. The first-order chi connectivity index (χ1) is 16.9. The molecule has 0 atom stereocenters. The van der Waals surface area contributed by atoms with Crippen LogP contribution in [-0.2, 0) is 19.1 Å². The van der Waals surface area contributed by atoms with E-state index in [1.165, 1.54) is 20.3 Å². The number of hydrogen-bond donors (Lipinski definition) is 2. The number of rotatable bonds is 9. The number of benzene rings is 3. The molecule has 0 aliphatic heterocycles. The van der Waals surface area contributed by atoms with Crippen LogP contribution in [0.15, 0.2) is 78.9 Å². The molecule has 0 aliphatic rings. The highest BCUT2D eigenvalue weighted by atomic mass is 31.1. The Labute approximate surface area is 204 Å². The smallest absolute Gasteiger partial charge is 0.325 e. The van der Waals surface area contributed by atoms with Crippen LogP contribution in [0.2, 0.25) is 0 Å². The van der Waals surface area contributed by atoms with E-state index in [-0.39, 0.29) is 24.2 Å². The van der Waals surface area contributed by atoms with Crippen LogP contribution in [0.4, 0.5) is 0 Å². The van der Waals surface area contributed by atoms with Crippen LogP contribution in [0.3, 0.4) is 0 Å². The topological polar surface area (TPSA) is 111 Å². The van der Waals surface area contributed by atoms with Gasteiger partial charge in [-0.15, -0.1) is 0 Å². The van der Waals surface area contributed by atoms with Crippen LogP contribution in [0.1, 0.15) is 20.7 Å². The van der Waals surface area contributed by atoms with E-state index in [0.29, 0.717) is 0 Å². The van der Waals surface area contributed by atoms with E-state index < -0.39 is 31.7 Å². The summed E-state index contributed by atoms with van der Waals surface area (Å²) in [6.45, 7) is -0.620. The lowest BCUT2D eigenvalue weighted by molar-refractivity contribution is -0.140. The van der Waals surface area contributed by atoms with Crippen molar-refractivity contribution < 1.29 is 28.7 Å². The molecule has 0 spiro atoms. The molecule has 3 rings (SSSR count). The molecule has 0 heterocycles. The summed E-state index contributed by atoms with van der Waals surface area (Å²) < 4.78 is 9.17. The maximum Gasteiger partial charge on any atom is 0.325 e. The van der Waals surface area contributed by atoms with E-state index in [0.717, 1.165) is 15.9 Å². The molecule has 8 nitrogen and oxygen atoms in total. The summed E-state index contributed by atoms with van der Waals surface area (Å²) in [6, 6.07) is 24.4. The number of esters is 2. The molecule has 2 amide bonds. The predicted molar refractivity (Wildman–Crippen MR) is 134 cm³/mol. The third-order valence-electron chi connectivity index (χ3n) is 4.97. The molecular weight excluding hydrogens is 467 g/mol. The van der Waals surface area contributed by atoms with E-state index in [1.54, 1.807) is 12.1 Å². The average Bonchev–Trinajstić information content (AvgIpc) is 2.91. The molecule has 9 heteroatoms. The summed E-state index contributed by atoms with van der Waals surface area (Å²) in [5.41, 5.74) is 0.406. The molecule has 3 aromatic carbocycles. The number of nitrogens with one attached hydrogen (secondary N) is 2. The van der Waals surface area contributed by atoms with Crippen molar-refractivity contribution in [2.45, 2.75) is 0 Å². The van der Waals surface area contributed by atoms with Crippen molar-refractivity contribution in [3.63, 3.8) is 0 Å². The maximum absolute atomic E-state index is 12.9. The summed E-state index contributed by atoms with van der Waals surface area (Å²) in [5, 5.41) is 7.83. The minimum absolute atomic E-state index is 0.203. The normalized spacial score (nSPS) is 10.4. The van der Waals surface area contributed by atoms with Gasteiger partial charge in [-0.2, -0.15) is 0 Å². The largest absolute Gasteiger partial charge is 0.468 e. The monoisotopic (exact) mass is 492 g/mol. The van der Waals surface area contributed by atoms with E-state index in [1.807, 2.05) is 60.7 Å². The van der Waals surface area contributed by atoms with Gasteiger partial charge < -0.3 is 20.1 Å². The zero-order chi connectivity index (χ0) is 25.2. The molecule has 0 bridgehead atoms. The highest BCUT2D eigenvalue weighted by Gasteiger charge is 2.21. The van der Waals surface area contributed by atoms with Crippen LogP contribution in [0.5, 0.6) is 0 Å². The quantitative estimate of drug-likeness (QED) is 0.344. The molecule has 0 aromatic heterocycles. The standard InChI is InChI=1S/C26H25N2O6P/c1-33-23(29)16-27-25(31)18-13-19(26(32)28-17-24(30)34-2)15-22(14-18)35(20-9-5-3-6-10-20)21-11-7-4-8-12-21/h3-15H,16-17H2,1-2H3,(H,27,31)(H,28,32). The van der Waals surface area contributed by atoms with Crippen molar-refractivity contribution in [3.05, 3.63) is 90.0 Å². The van der Waals surface area contributed by atoms with Gasteiger partial charge >= 0.3 is 11.9 Å². The predicted octanol–water partition coefficient (Wildman–Crippen LogP) is 1.25. The molecular formula is C26H25N2O6P. The van der Waals surface area contributed by atoms with Gasteiger partial charge in [-0.3, -0.25) is 19.2 Å². The zero-order valence-electron chi connectivity index (χ0n) is 19.3. The fourth-order valence-electron chi connectivity index (χ4n) is 3.26. The third-order valence-corrected chi connectivity index (χ3v) is 7.37. The van der Waals surface area contributed by atoms with E-state index >= 15 is 0 Å². The van der Waals surface area contributed by atoms with Crippen LogP contribution >= 0.6 is 7.92 Å². The molecule has 0 saturated carbocycles. The van der Waals surface area contributed by atoms with Crippen molar-refractivity contribution in [3.8, 4) is 0 Å². The van der Waals surface area contributed by atoms with Crippen molar-refractivity contribution >= 4 is 47.6 Å². The van der Waals surface area contributed by atoms with Gasteiger partial charge in [0.15, 0.2) is 0 Å². The van der Waals surface area contributed by atoms with Gasteiger partial charge in [0.05, 0.1) is 14.2 Å². The number of hydrogen-bond acceptors (Lipinski definition) is 6. The second-order valence-electron chi connectivity index (χ2n) is 7.29. The van der Waals surface area contributed by atoms with Crippen LogP contribution < -0.4 is 26.5 Å². The first-order valence-corrected chi connectivity index (χ1v) is 12.0. The fourth-order valence-corrected chi connectivity index (χ4v) is 5.63. The molecule has 0 saturated heterocycles. The minimum Gasteiger partial charge on any atom is -0.468 e. The van der Waals surface area contributed by atoms with Crippen molar-refractivity contribution in [1.82, 2.24) is 10.6 Å². The fraction of sp³-hybridized carbons (Fsp3) is 0.154. The second kappa shape index (κ2) is 12.4. The summed E-state index contributed by atoms with van der Waals surface area (Å²) in [7, 11) is 1.34. The van der Waals surface area contributed by atoms with Crippen LogP contribution in [-0.4, -0.2) is 51.1 Å². The van der Waals surface area contributed by atoms with Crippen molar-refractivity contribution in [2.24, 2.45) is 0 Å². The Morgan fingerprint density at radius 3 is 1.40 bits per heavy atom. The number of ether oxygens (including phenoxy) is 2. The number of carbonyl (C=O) groups is 4. The molecule has 0 radical (unpaired) electrons. The Bertz CT molecular complexity index is 1110. The summed E-state index contributed by atoms with van der Waals surface area (Å²) >= 11 is 0. The molecule has 180 valence electrons. The molecule has 3 aromatic rings. The van der Waals surface area contributed by atoms with E-state index in [2.05, 4.69) is 20.1 Å². The van der Waals surface area contributed by atoms with Crippen molar-refractivity contribution in [2.75, 3.05) is 27.3 Å². The van der Waals surface area contributed by atoms with Gasteiger partial charge in [0, 0.05) is 11.1 Å². The lowest BCUT2D eigenvalue weighted by Gasteiger charge is -2.21. The van der Waals surface area contributed by atoms with E-state index in [9.17, 15) is 19.2 Å². The SMILES string of the molecule is COC(=O)CNC(=O)c1cc(C(=O)NCC(=O)OC)cc(P(c2ccccc2)c2ccccc2)c1. The Morgan fingerprint density at radius 1 is 0.629 bits per heavy atom. The highest BCUT2D eigenvalue weighted by molar-refractivity contribution is 7.79. The first kappa shape index (κ1) is 25.6. The number of methoxy groups -OCH3 is 2. The van der Waals surface area contributed by atoms with Crippen LogP contribution in [0.25, 0.3) is 0 Å². The molecule has 35 heavy (non-hydrogen) atoms. The van der Waals surface area contributed by atoms with Crippen molar-refractivity contribution in [1.29, 1.82) is 0 Å². The van der Waals surface area contributed by atoms with Gasteiger partial charge in [0.1, 0.15) is 13.1 Å². The Morgan fingerprint density at radius 2 is 1.03 bits per heavy atom. The third kappa shape index (κ3) is 6.98. The Balaban J connectivity index is 2.08. The molecule has 0 aliphatic carbocycles. The molecule has 2 N–H and O–H groups in total. The summed E-state index contributed by atoms with van der Waals surface area (Å²) in [6.07, 6.45) is 0. The Kier molecular flexibility index (Phi) is 9.09. The lowest BCUT2D eigenvalue weighted by atomic mass is 10.1. The molecule has 0 unspecified atom stereocenters. The zero-order valence-corrected chi connectivity index (χ0v) is 20.2. The molecule has 0 fully saturated rings. The van der Waals surface area contributed by atoms with Gasteiger partial charge in [0.2, 0.25) is 0 Å². The number of amides is 2. The Hall–Kier alpha value is -4.03. The van der Waals surface area contributed by atoms with E-state index in [4.69, 9.17) is 0 Å². The first-order valence-electron chi connectivity index (χ1n) is 10.7. The lowest BCUT2D eigenvalue weighted by Crippen LogP contribution is -2.33.